The van der Waals surface area contributed by atoms with Gasteiger partial charge < -0.3 is 15.8 Å². The number of para-hydroxylation sites is 2. The van der Waals surface area contributed by atoms with Crippen molar-refractivity contribution in [3.8, 4) is 11.5 Å². The van der Waals surface area contributed by atoms with Crippen molar-refractivity contribution in [2.75, 3.05) is 5.32 Å². The molecule has 0 radical (unpaired) electrons. The minimum atomic E-state index is -0.674. The highest BCUT2D eigenvalue weighted by molar-refractivity contribution is 5.67. The molecule has 0 saturated carbocycles. The van der Waals surface area contributed by atoms with Gasteiger partial charge in [0.1, 0.15) is 28.8 Å². The lowest BCUT2D eigenvalue weighted by atomic mass is 10.1. The quantitative estimate of drug-likeness (QED) is 0.696. The van der Waals surface area contributed by atoms with Crippen molar-refractivity contribution >= 4 is 11.4 Å². The maximum absolute atomic E-state index is 13.9. The zero-order valence-electron chi connectivity index (χ0n) is 12.8. The summed E-state index contributed by atoms with van der Waals surface area (Å²) >= 11 is 0. The zero-order valence-corrected chi connectivity index (χ0v) is 12.8. The Morgan fingerprint density at radius 2 is 1.50 bits per heavy atom. The molecule has 0 unspecified atom stereocenters. The Morgan fingerprint density at radius 3 is 2.17 bits per heavy atom. The second-order valence-corrected chi connectivity index (χ2v) is 5.12. The van der Waals surface area contributed by atoms with Crippen LogP contribution in [0.5, 0.6) is 11.5 Å². The topological polar surface area (TPSA) is 47.3 Å². The van der Waals surface area contributed by atoms with Crippen LogP contribution in [0.15, 0.2) is 66.7 Å². The summed E-state index contributed by atoms with van der Waals surface area (Å²) in [5.41, 5.74) is 6.73. The number of hydrogen-bond donors (Lipinski definition) is 2. The maximum atomic E-state index is 13.9. The lowest BCUT2D eigenvalue weighted by Crippen LogP contribution is -2.06. The molecule has 0 aromatic heterocycles. The van der Waals surface area contributed by atoms with Crippen LogP contribution in [0, 0.1) is 11.6 Å². The highest BCUT2D eigenvalue weighted by Crippen LogP contribution is 2.33. The predicted octanol–water partition coefficient (Wildman–Crippen LogP) is 4.96. The first-order valence-corrected chi connectivity index (χ1v) is 7.45. The van der Waals surface area contributed by atoms with Gasteiger partial charge >= 0.3 is 0 Å². The van der Waals surface area contributed by atoms with Gasteiger partial charge in [-0.15, -0.1) is 0 Å². The van der Waals surface area contributed by atoms with E-state index in [9.17, 15) is 8.78 Å². The number of ether oxygens (including phenoxy) is 1. The van der Waals surface area contributed by atoms with Crippen LogP contribution in [0.3, 0.4) is 0 Å². The molecule has 3 rings (SSSR count). The molecule has 0 amide bonds. The molecule has 5 heteroatoms. The van der Waals surface area contributed by atoms with E-state index >= 15 is 0 Å². The summed E-state index contributed by atoms with van der Waals surface area (Å²) in [4.78, 5) is 0. The molecular formula is C19H16F2N2O. The van der Waals surface area contributed by atoms with Gasteiger partial charge in [0.25, 0.3) is 0 Å². The Morgan fingerprint density at radius 1 is 0.833 bits per heavy atom. The van der Waals surface area contributed by atoms with Crippen LogP contribution in [-0.2, 0) is 6.54 Å². The van der Waals surface area contributed by atoms with Crippen molar-refractivity contribution < 1.29 is 13.5 Å². The van der Waals surface area contributed by atoms with Gasteiger partial charge in [0.2, 0.25) is 0 Å². The summed E-state index contributed by atoms with van der Waals surface area (Å²) < 4.78 is 33.5. The number of hydrogen-bond acceptors (Lipinski definition) is 3. The molecule has 122 valence electrons. The van der Waals surface area contributed by atoms with E-state index in [4.69, 9.17) is 10.5 Å². The van der Waals surface area contributed by atoms with Gasteiger partial charge in [-0.2, -0.15) is 0 Å². The van der Waals surface area contributed by atoms with E-state index in [2.05, 4.69) is 5.32 Å². The van der Waals surface area contributed by atoms with Gasteiger partial charge in [0, 0.05) is 17.8 Å². The molecule has 0 fully saturated rings. The van der Waals surface area contributed by atoms with E-state index in [1.54, 1.807) is 18.2 Å². The first-order valence-electron chi connectivity index (χ1n) is 7.45. The van der Waals surface area contributed by atoms with Crippen LogP contribution in [0.25, 0.3) is 0 Å². The van der Waals surface area contributed by atoms with Crippen LogP contribution >= 0.6 is 0 Å². The third kappa shape index (κ3) is 3.36. The van der Waals surface area contributed by atoms with Crippen molar-refractivity contribution in [3.05, 3.63) is 83.9 Å². The highest BCUT2D eigenvalue weighted by atomic mass is 19.1. The van der Waals surface area contributed by atoms with Gasteiger partial charge in [-0.3, -0.25) is 0 Å². The number of benzene rings is 3. The van der Waals surface area contributed by atoms with Crippen LogP contribution in [0.1, 0.15) is 5.56 Å². The van der Waals surface area contributed by atoms with Crippen LogP contribution < -0.4 is 15.8 Å². The van der Waals surface area contributed by atoms with Crippen LogP contribution in [0.4, 0.5) is 20.2 Å². The molecule has 3 aromatic rings. The summed E-state index contributed by atoms with van der Waals surface area (Å²) in [7, 11) is 0. The third-order valence-electron chi connectivity index (χ3n) is 3.53. The van der Waals surface area contributed by atoms with Crippen molar-refractivity contribution in [3.63, 3.8) is 0 Å². The lowest BCUT2D eigenvalue weighted by Gasteiger charge is -2.16. The van der Waals surface area contributed by atoms with E-state index in [1.165, 1.54) is 18.2 Å². The predicted molar refractivity (Wildman–Crippen MR) is 90.5 cm³/mol. The van der Waals surface area contributed by atoms with Crippen molar-refractivity contribution in [2.24, 2.45) is 5.73 Å². The minimum Gasteiger partial charge on any atom is -0.457 e. The highest BCUT2D eigenvalue weighted by Gasteiger charge is 2.13. The van der Waals surface area contributed by atoms with E-state index in [0.717, 1.165) is 0 Å². The smallest absolute Gasteiger partial charge is 0.149 e. The average molecular weight is 326 g/mol. The van der Waals surface area contributed by atoms with Crippen LogP contribution in [0.2, 0.25) is 0 Å². The molecule has 0 aliphatic heterocycles. The molecule has 0 bridgehead atoms. The van der Waals surface area contributed by atoms with Crippen LogP contribution in [-0.4, -0.2) is 0 Å². The first-order chi connectivity index (χ1) is 11.7. The second kappa shape index (κ2) is 7.10. The van der Waals surface area contributed by atoms with E-state index in [-0.39, 0.29) is 12.2 Å². The third-order valence-corrected chi connectivity index (χ3v) is 3.53. The number of rotatable bonds is 5. The molecule has 3 N–H and O–H groups in total. The summed E-state index contributed by atoms with van der Waals surface area (Å²) in [6.45, 7) is 0.154. The number of nitrogens with two attached hydrogens (primary N) is 1. The normalized spacial score (nSPS) is 10.5. The standard InChI is InChI=1S/C19H16F2N2O/c20-15-8-4-9-16(21)19(15)23-17-10-5-11-18(14(17)12-22)24-13-6-2-1-3-7-13/h1-11,23H,12,22H2. The molecular weight excluding hydrogens is 310 g/mol. The summed E-state index contributed by atoms with van der Waals surface area (Å²) in [6, 6.07) is 18.1. The first kappa shape index (κ1) is 16.0. The Labute approximate surface area is 138 Å². The fourth-order valence-electron chi connectivity index (χ4n) is 2.36. The number of nitrogens with one attached hydrogen (secondary N) is 1. The van der Waals surface area contributed by atoms with Gasteiger partial charge in [-0.25, -0.2) is 8.78 Å². The molecule has 0 aliphatic rings. The van der Waals surface area contributed by atoms with E-state index in [1.807, 2.05) is 30.3 Å². The Balaban J connectivity index is 1.96. The van der Waals surface area contributed by atoms with Gasteiger partial charge in [0.05, 0.1) is 0 Å². The summed E-state index contributed by atoms with van der Waals surface area (Å²) in [5, 5.41) is 2.78. The molecule has 24 heavy (non-hydrogen) atoms. The molecule has 0 spiro atoms. The van der Waals surface area contributed by atoms with Crippen molar-refractivity contribution in [2.45, 2.75) is 6.54 Å². The minimum absolute atomic E-state index is 0.154. The summed E-state index contributed by atoms with van der Waals surface area (Å²) in [6.07, 6.45) is 0. The van der Waals surface area contributed by atoms with Crippen molar-refractivity contribution in [1.29, 1.82) is 0 Å². The molecule has 3 nitrogen and oxygen atoms in total. The Bertz CT molecular complexity index is 818. The summed E-state index contributed by atoms with van der Waals surface area (Å²) in [5.74, 6) is -0.161. The lowest BCUT2D eigenvalue weighted by molar-refractivity contribution is 0.477. The van der Waals surface area contributed by atoms with E-state index in [0.29, 0.717) is 22.7 Å². The molecule has 0 saturated heterocycles. The Kier molecular flexibility index (Phi) is 4.72. The molecule has 0 aliphatic carbocycles. The maximum Gasteiger partial charge on any atom is 0.149 e. The number of halogens is 2. The molecule has 0 atom stereocenters. The Hall–Kier alpha value is -2.92. The monoisotopic (exact) mass is 326 g/mol. The molecule has 0 heterocycles. The fraction of sp³-hybridized carbons (Fsp3) is 0.0526. The van der Waals surface area contributed by atoms with Gasteiger partial charge in [-0.1, -0.05) is 30.3 Å². The number of anilines is 2. The molecule has 3 aromatic carbocycles. The van der Waals surface area contributed by atoms with Gasteiger partial charge in [0.15, 0.2) is 0 Å². The zero-order chi connectivity index (χ0) is 16.9. The largest absolute Gasteiger partial charge is 0.457 e. The average Bonchev–Trinajstić information content (AvgIpc) is 2.59. The SMILES string of the molecule is NCc1c(Nc2c(F)cccc2F)cccc1Oc1ccccc1. The fourth-order valence-corrected chi connectivity index (χ4v) is 2.36. The van der Waals surface area contributed by atoms with Crippen molar-refractivity contribution in [1.82, 2.24) is 0 Å². The van der Waals surface area contributed by atoms with Gasteiger partial charge in [-0.05, 0) is 36.4 Å². The van der Waals surface area contributed by atoms with E-state index < -0.39 is 11.6 Å². The second-order valence-electron chi connectivity index (χ2n) is 5.12.